The van der Waals surface area contributed by atoms with Crippen LogP contribution in [0.25, 0.3) is 0 Å². The molecule has 0 atom stereocenters. The Morgan fingerprint density at radius 2 is 2.00 bits per heavy atom. The summed E-state index contributed by atoms with van der Waals surface area (Å²) in [6, 6.07) is 6.65. The first kappa shape index (κ1) is 8.68. The fourth-order valence-corrected chi connectivity index (χ4v) is 1.05. The van der Waals surface area contributed by atoms with Gasteiger partial charge in [-0.15, -0.1) is 0 Å². The molecule has 1 fully saturated rings. The molecule has 1 aliphatic rings. The highest BCUT2D eigenvalue weighted by atomic mass is 16.7. The van der Waals surface area contributed by atoms with Gasteiger partial charge in [0.25, 0.3) is 0 Å². The summed E-state index contributed by atoms with van der Waals surface area (Å²) in [5, 5.41) is 9.18. The second-order valence-corrected chi connectivity index (χ2v) is 2.53. The molecule has 0 bridgehead atoms. The summed E-state index contributed by atoms with van der Waals surface area (Å²) in [5.74, 6) is 0.177. The second-order valence-electron chi connectivity index (χ2n) is 2.53. The van der Waals surface area contributed by atoms with E-state index in [2.05, 4.69) is 4.57 Å². The van der Waals surface area contributed by atoms with Crippen molar-refractivity contribution < 1.29 is 18.8 Å². The van der Waals surface area contributed by atoms with Crippen LogP contribution < -0.4 is 5.46 Å². The van der Waals surface area contributed by atoms with Crippen molar-refractivity contribution in [2.45, 2.75) is 0 Å². The number of hydrogen-bond acceptors (Lipinski definition) is 4. The van der Waals surface area contributed by atoms with Crippen LogP contribution in [0.15, 0.2) is 24.3 Å². The van der Waals surface area contributed by atoms with E-state index in [9.17, 15) is 5.11 Å². The number of phenols is 1. The summed E-state index contributed by atoms with van der Waals surface area (Å²) >= 11 is 0. The molecule has 62 valence electrons. The van der Waals surface area contributed by atoms with E-state index in [0.717, 1.165) is 5.46 Å². The van der Waals surface area contributed by atoms with Crippen molar-refractivity contribution in [2.24, 2.45) is 0 Å². The third kappa shape index (κ3) is 2.06. The van der Waals surface area contributed by atoms with Crippen molar-refractivity contribution in [3.05, 3.63) is 24.3 Å². The van der Waals surface area contributed by atoms with Gasteiger partial charge in [-0.2, -0.15) is 0 Å². The third-order valence-corrected chi connectivity index (χ3v) is 1.61. The molecule has 2 radical (unpaired) electrons. The Morgan fingerprint density at radius 3 is 2.69 bits per heavy atom. The molecule has 0 spiro atoms. The maximum Gasteiger partial charge on any atom is 0.466 e. The van der Waals surface area contributed by atoms with E-state index in [0.29, 0.717) is 0 Å². The van der Waals surface area contributed by atoms with Gasteiger partial charge >= 0.3 is 22.5 Å². The molecule has 1 heterocycles. The van der Waals surface area contributed by atoms with E-state index in [4.69, 9.17) is 9.14 Å². The molecule has 0 aliphatic carbocycles. The lowest BCUT2D eigenvalue weighted by Crippen LogP contribution is -2.44. The zero-order valence-electron chi connectivity index (χ0n) is 6.71. The summed E-state index contributed by atoms with van der Waals surface area (Å²) in [7, 11) is 1.82. The normalized spacial score (nSPS) is 16.2. The molecule has 0 amide bonds. The molecule has 1 aliphatic heterocycles. The molecule has 7 heteroatoms. The lowest BCUT2D eigenvalue weighted by molar-refractivity contribution is 0.333. The molecule has 0 unspecified atom stereocenters. The predicted octanol–water partition coefficient (Wildman–Crippen LogP) is -0.781. The Labute approximate surface area is 77.6 Å². The Kier molecular flexibility index (Phi) is 2.58. The van der Waals surface area contributed by atoms with E-state index in [-0.39, 0.29) is 5.75 Å². The topological polar surface area (TPSA) is 47.9 Å². The van der Waals surface area contributed by atoms with Gasteiger partial charge in [0.2, 0.25) is 0 Å². The average molecular weight is 174 g/mol. The summed E-state index contributed by atoms with van der Waals surface area (Å²) < 4.78 is 14.6. The highest BCUT2D eigenvalue weighted by molar-refractivity contribution is 6.71. The van der Waals surface area contributed by atoms with Crippen LogP contribution in [0, 0.1) is 0 Å². The summed E-state index contributed by atoms with van der Waals surface area (Å²) in [6.45, 7) is 0. The smallest absolute Gasteiger partial charge is 0.466 e. The molecule has 1 aromatic rings. The molecule has 0 saturated carbocycles. The van der Waals surface area contributed by atoms with Gasteiger partial charge in [0.15, 0.2) is 0 Å². The van der Waals surface area contributed by atoms with Gasteiger partial charge in [0.1, 0.15) is 5.75 Å². The maximum absolute atomic E-state index is 9.18. The first-order valence-electron chi connectivity index (χ1n) is 3.75. The van der Waals surface area contributed by atoms with Crippen molar-refractivity contribution >= 4 is 28.0 Å². The number of aromatic hydroxyl groups is 1. The van der Waals surface area contributed by atoms with Gasteiger partial charge in [-0.1, -0.05) is 12.1 Å². The fourth-order valence-electron chi connectivity index (χ4n) is 1.05. The maximum atomic E-state index is 9.18. The van der Waals surface area contributed by atoms with Crippen LogP contribution in [0.3, 0.4) is 0 Å². The van der Waals surface area contributed by atoms with Gasteiger partial charge in [-0.05, 0) is 17.6 Å². The standard InChI is InChI=1S/C6H5B3O4/c10-6-3-1-2-5(4-6)9-12-7-11-8-13-9/h1-4,10H. The first-order chi connectivity index (χ1) is 6.36. The predicted molar refractivity (Wildman–Crippen MR) is 48.3 cm³/mol. The zero-order valence-corrected chi connectivity index (χ0v) is 6.71. The zero-order chi connectivity index (χ0) is 9.10. The van der Waals surface area contributed by atoms with Crippen LogP contribution in [0.1, 0.15) is 0 Å². The minimum Gasteiger partial charge on any atom is -0.508 e. The summed E-state index contributed by atoms with van der Waals surface area (Å²) in [6.07, 6.45) is 0. The van der Waals surface area contributed by atoms with E-state index in [1.807, 2.05) is 0 Å². The fraction of sp³-hybridized carbons (Fsp3) is 0. The Balaban J connectivity index is 2.14. The number of benzene rings is 1. The van der Waals surface area contributed by atoms with Crippen molar-refractivity contribution in [1.29, 1.82) is 0 Å². The summed E-state index contributed by atoms with van der Waals surface area (Å²) in [4.78, 5) is 0. The highest BCUT2D eigenvalue weighted by Gasteiger charge is 2.26. The number of hydrogen-bond donors (Lipinski definition) is 1. The SMILES string of the molecule is Oc1cccc(B2O[B]O[B]O2)c1. The van der Waals surface area contributed by atoms with Crippen molar-refractivity contribution in [2.75, 3.05) is 0 Å². The quantitative estimate of drug-likeness (QED) is 0.566. The molecule has 2 rings (SSSR count). The molecular weight excluding hydrogens is 168 g/mol. The van der Waals surface area contributed by atoms with Crippen molar-refractivity contribution in [1.82, 2.24) is 0 Å². The van der Waals surface area contributed by atoms with Crippen molar-refractivity contribution in [3.63, 3.8) is 0 Å². The van der Waals surface area contributed by atoms with Crippen LogP contribution in [-0.4, -0.2) is 27.6 Å². The molecular formula is C6H5B3O4. The van der Waals surface area contributed by atoms with Crippen LogP contribution in [-0.2, 0) is 13.7 Å². The third-order valence-electron chi connectivity index (χ3n) is 1.61. The Bertz CT molecular complexity index is 289. The molecule has 1 N–H and O–H groups in total. The number of rotatable bonds is 1. The first-order valence-corrected chi connectivity index (χ1v) is 3.75. The minimum atomic E-state index is -0.541. The van der Waals surface area contributed by atoms with Gasteiger partial charge in [-0.3, -0.25) is 0 Å². The van der Waals surface area contributed by atoms with E-state index in [1.165, 1.54) is 15.4 Å². The molecule has 1 aromatic carbocycles. The van der Waals surface area contributed by atoms with Gasteiger partial charge in [-0.25, -0.2) is 0 Å². The Hall–Kier alpha value is -0.905. The molecule has 0 aromatic heterocycles. The minimum absolute atomic E-state index is 0.177. The molecule has 13 heavy (non-hydrogen) atoms. The molecule has 1 saturated heterocycles. The van der Waals surface area contributed by atoms with Crippen LogP contribution in [0.4, 0.5) is 0 Å². The van der Waals surface area contributed by atoms with E-state index >= 15 is 0 Å². The Morgan fingerprint density at radius 1 is 1.23 bits per heavy atom. The molecule has 4 nitrogen and oxygen atoms in total. The van der Waals surface area contributed by atoms with Crippen LogP contribution in [0.5, 0.6) is 5.75 Å². The van der Waals surface area contributed by atoms with Gasteiger partial charge < -0.3 is 18.8 Å². The largest absolute Gasteiger partial charge is 0.508 e. The monoisotopic (exact) mass is 174 g/mol. The lowest BCUT2D eigenvalue weighted by atomic mass is 9.75. The van der Waals surface area contributed by atoms with Crippen LogP contribution in [0.2, 0.25) is 0 Å². The van der Waals surface area contributed by atoms with E-state index in [1.54, 1.807) is 24.3 Å². The van der Waals surface area contributed by atoms with Gasteiger partial charge in [0, 0.05) is 0 Å². The van der Waals surface area contributed by atoms with Gasteiger partial charge in [0.05, 0.1) is 0 Å². The number of phenolic OH excluding ortho intramolecular Hbond substituents is 1. The second kappa shape index (κ2) is 3.87. The lowest BCUT2D eigenvalue weighted by Gasteiger charge is -2.18. The highest BCUT2D eigenvalue weighted by Crippen LogP contribution is 2.05. The van der Waals surface area contributed by atoms with Crippen molar-refractivity contribution in [3.8, 4) is 5.75 Å². The summed E-state index contributed by atoms with van der Waals surface area (Å²) in [5.41, 5.74) is 0.732. The average Bonchev–Trinajstić information content (AvgIpc) is 2.19. The van der Waals surface area contributed by atoms with E-state index < -0.39 is 7.12 Å². The van der Waals surface area contributed by atoms with Crippen LogP contribution >= 0.6 is 0 Å².